The highest BCUT2D eigenvalue weighted by Crippen LogP contribution is 2.37. The largest absolute Gasteiger partial charge is 0.423 e. The van der Waals surface area contributed by atoms with Gasteiger partial charge in [-0.25, -0.2) is 0 Å². The van der Waals surface area contributed by atoms with Crippen LogP contribution >= 0.6 is 0 Å². The van der Waals surface area contributed by atoms with E-state index in [0.29, 0.717) is 6.61 Å². The van der Waals surface area contributed by atoms with Crippen LogP contribution in [0.2, 0.25) is 0 Å². The van der Waals surface area contributed by atoms with Gasteiger partial charge in [-0.2, -0.15) is 13.2 Å². The molecule has 1 atom stereocenters. The van der Waals surface area contributed by atoms with E-state index in [1.165, 1.54) is 13.2 Å². The molecular weight excluding hydrogens is 265 g/mol. The molecule has 0 saturated heterocycles. The van der Waals surface area contributed by atoms with Crippen LogP contribution in [0, 0.1) is 10.1 Å². The van der Waals surface area contributed by atoms with Crippen LogP contribution in [-0.2, 0) is 10.9 Å². The molecule has 0 radical (unpaired) electrons. The van der Waals surface area contributed by atoms with Gasteiger partial charge in [-0.05, 0) is 19.1 Å². The number of hydrogen-bond donors (Lipinski definition) is 1. The van der Waals surface area contributed by atoms with Crippen LogP contribution in [0.5, 0.6) is 0 Å². The fourth-order valence-electron chi connectivity index (χ4n) is 1.59. The van der Waals surface area contributed by atoms with Crippen molar-refractivity contribution in [3.8, 4) is 0 Å². The molecule has 1 N–H and O–H groups in total. The molecule has 106 valence electrons. The number of hydrogen-bond acceptors (Lipinski definition) is 4. The number of ether oxygens (including phenoxy) is 1. The summed E-state index contributed by atoms with van der Waals surface area (Å²) in [6, 6.07) is 2.58. The highest BCUT2D eigenvalue weighted by atomic mass is 19.4. The first kappa shape index (κ1) is 15.2. The van der Waals surface area contributed by atoms with Gasteiger partial charge in [0.1, 0.15) is 5.56 Å². The van der Waals surface area contributed by atoms with Crippen LogP contribution < -0.4 is 5.32 Å². The molecule has 1 aromatic rings. The van der Waals surface area contributed by atoms with Crippen molar-refractivity contribution in [3.05, 3.63) is 33.9 Å². The predicted molar refractivity (Wildman–Crippen MR) is 63.1 cm³/mol. The first-order valence-electron chi connectivity index (χ1n) is 5.36. The zero-order valence-corrected chi connectivity index (χ0v) is 10.3. The van der Waals surface area contributed by atoms with Crippen LogP contribution in [0.25, 0.3) is 0 Å². The summed E-state index contributed by atoms with van der Waals surface area (Å²) in [5.74, 6) is 0. The zero-order chi connectivity index (χ0) is 14.6. The number of nitro groups is 1. The Balaban J connectivity index is 3.09. The third-order valence-corrected chi connectivity index (χ3v) is 2.33. The molecule has 0 amide bonds. The van der Waals surface area contributed by atoms with Crippen molar-refractivity contribution in [2.75, 3.05) is 19.0 Å². The molecule has 0 aliphatic carbocycles. The van der Waals surface area contributed by atoms with E-state index in [1.807, 2.05) is 0 Å². The Labute approximate surface area is 107 Å². The minimum Gasteiger partial charge on any atom is -0.383 e. The molecule has 0 aromatic heterocycles. The van der Waals surface area contributed by atoms with Gasteiger partial charge in [0.25, 0.3) is 5.69 Å². The quantitative estimate of drug-likeness (QED) is 0.664. The number of benzene rings is 1. The van der Waals surface area contributed by atoms with Gasteiger partial charge in [-0.1, -0.05) is 0 Å². The van der Waals surface area contributed by atoms with Crippen molar-refractivity contribution < 1.29 is 22.8 Å². The third-order valence-electron chi connectivity index (χ3n) is 2.33. The molecule has 0 saturated carbocycles. The molecule has 19 heavy (non-hydrogen) atoms. The minimum atomic E-state index is -4.77. The number of nitro benzene ring substituents is 1. The lowest BCUT2D eigenvalue weighted by molar-refractivity contribution is -0.388. The Morgan fingerprint density at radius 3 is 2.58 bits per heavy atom. The summed E-state index contributed by atoms with van der Waals surface area (Å²) in [5, 5.41) is 13.3. The zero-order valence-electron chi connectivity index (χ0n) is 10.3. The van der Waals surface area contributed by atoms with Gasteiger partial charge in [0.15, 0.2) is 0 Å². The molecule has 8 heteroatoms. The van der Waals surface area contributed by atoms with E-state index < -0.39 is 22.4 Å². The summed E-state index contributed by atoms with van der Waals surface area (Å²) in [5.41, 5.74) is -2.08. The highest BCUT2D eigenvalue weighted by Gasteiger charge is 2.38. The number of alkyl halides is 3. The molecule has 0 spiro atoms. The molecular formula is C11H13F3N2O3. The molecule has 0 bridgehead atoms. The van der Waals surface area contributed by atoms with E-state index in [4.69, 9.17) is 4.74 Å². The van der Waals surface area contributed by atoms with Gasteiger partial charge in [0.2, 0.25) is 0 Å². The lowest BCUT2D eigenvalue weighted by atomic mass is 10.1. The number of nitrogens with zero attached hydrogens (tertiary/aromatic N) is 1. The Morgan fingerprint density at radius 1 is 1.47 bits per heavy atom. The Morgan fingerprint density at radius 2 is 2.11 bits per heavy atom. The van der Waals surface area contributed by atoms with Crippen LogP contribution in [-0.4, -0.2) is 24.7 Å². The first-order valence-corrected chi connectivity index (χ1v) is 5.36. The van der Waals surface area contributed by atoms with Crippen molar-refractivity contribution in [2.24, 2.45) is 0 Å². The maximum Gasteiger partial charge on any atom is 0.423 e. The average molecular weight is 278 g/mol. The summed E-state index contributed by atoms with van der Waals surface area (Å²) in [7, 11) is 1.47. The first-order chi connectivity index (χ1) is 8.75. The van der Waals surface area contributed by atoms with Gasteiger partial charge in [0.05, 0.1) is 11.5 Å². The average Bonchev–Trinajstić information content (AvgIpc) is 2.27. The molecule has 0 aliphatic heterocycles. The topological polar surface area (TPSA) is 64.4 Å². The monoisotopic (exact) mass is 278 g/mol. The second-order valence-corrected chi connectivity index (χ2v) is 3.99. The summed E-state index contributed by atoms with van der Waals surface area (Å²) in [6.45, 7) is 2.02. The van der Waals surface area contributed by atoms with E-state index in [9.17, 15) is 23.3 Å². The maximum absolute atomic E-state index is 12.7. The normalized spacial score (nSPS) is 13.1. The van der Waals surface area contributed by atoms with Crippen molar-refractivity contribution in [1.29, 1.82) is 0 Å². The molecule has 0 fully saturated rings. The van der Waals surface area contributed by atoms with Crippen LogP contribution in [0.3, 0.4) is 0 Å². The minimum absolute atomic E-state index is 0.155. The van der Waals surface area contributed by atoms with E-state index >= 15 is 0 Å². The van der Waals surface area contributed by atoms with Crippen LogP contribution in [0.4, 0.5) is 24.5 Å². The van der Waals surface area contributed by atoms with Crippen LogP contribution in [0.15, 0.2) is 18.2 Å². The number of rotatable bonds is 5. The fraction of sp³-hybridized carbons (Fsp3) is 0.455. The molecule has 1 rings (SSSR count). The number of nitrogens with one attached hydrogen (secondary N) is 1. The fourth-order valence-corrected chi connectivity index (χ4v) is 1.59. The van der Waals surface area contributed by atoms with Gasteiger partial charge < -0.3 is 10.1 Å². The molecule has 5 nitrogen and oxygen atoms in total. The summed E-state index contributed by atoms with van der Waals surface area (Å²) in [4.78, 5) is 9.52. The maximum atomic E-state index is 12.7. The summed E-state index contributed by atoms with van der Waals surface area (Å²) < 4.78 is 43.0. The SMILES string of the molecule is COCC(C)Nc1ccc([N+](=O)[O-])c(C(F)(F)F)c1. The van der Waals surface area contributed by atoms with Crippen molar-refractivity contribution in [2.45, 2.75) is 19.1 Å². The summed E-state index contributed by atoms with van der Waals surface area (Å²) in [6.07, 6.45) is -4.77. The lowest BCUT2D eigenvalue weighted by Gasteiger charge is -2.15. The van der Waals surface area contributed by atoms with E-state index in [2.05, 4.69) is 5.32 Å². The standard InChI is InChI=1S/C11H13F3N2O3/c1-7(6-19-2)15-8-3-4-10(16(17)18)9(5-8)11(12,13)14/h3-5,7,15H,6H2,1-2H3. The van der Waals surface area contributed by atoms with Crippen molar-refractivity contribution in [1.82, 2.24) is 0 Å². The van der Waals surface area contributed by atoms with E-state index in [-0.39, 0.29) is 11.7 Å². The second-order valence-electron chi connectivity index (χ2n) is 3.99. The smallest absolute Gasteiger partial charge is 0.383 e. The van der Waals surface area contributed by atoms with Gasteiger partial charge in [0, 0.05) is 24.9 Å². The van der Waals surface area contributed by atoms with Gasteiger partial charge in [-0.3, -0.25) is 10.1 Å². The second kappa shape index (κ2) is 5.87. The number of anilines is 1. The highest BCUT2D eigenvalue weighted by molar-refractivity contribution is 5.55. The predicted octanol–water partition coefficient (Wildman–Crippen LogP) is 3.06. The Hall–Kier alpha value is -1.83. The molecule has 0 aliphatic rings. The van der Waals surface area contributed by atoms with Gasteiger partial charge >= 0.3 is 6.18 Å². The van der Waals surface area contributed by atoms with Crippen LogP contribution in [0.1, 0.15) is 12.5 Å². The number of methoxy groups -OCH3 is 1. The third kappa shape index (κ3) is 4.09. The molecule has 1 aromatic carbocycles. The molecule has 0 heterocycles. The van der Waals surface area contributed by atoms with Gasteiger partial charge in [-0.15, -0.1) is 0 Å². The number of halogens is 3. The Kier molecular flexibility index (Phi) is 4.71. The van der Waals surface area contributed by atoms with E-state index in [0.717, 1.165) is 12.1 Å². The Bertz CT molecular complexity index is 463. The molecule has 1 unspecified atom stereocenters. The van der Waals surface area contributed by atoms with Crippen molar-refractivity contribution in [3.63, 3.8) is 0 Å². The lowest BCUT2D eigenvalue weighted by Crippen LogP contribution is -2.21. The summed E-state index contributed by atoms with van der Waals surface area (Å²) >= 11 is 0. The van der Waals surface area contributed by atoms with E-state index in [1.54, 1.807) is 6.92 Å². The van der Waals surface area contributed by atoms with Crippen molar-refractivity contribution >= 4 is 11.4 Å².